The van der Waals surface area contributed by atoms with E-state index in [2.05, 4.69) is 6.92 Å². The largest absolute Gasteiger partial charge is 0.498 e. The van der Waals surface area contributed by atoms with Crippen LogP contribution in [-0.2, 0) is 23.0 Å². The molecule has 0 amide bonds. The van der Waals surface area contributed by atoms with Crippen molar-refractivity contribution in [1.82, 2.24) is 0 Å². The zero-order valence-electron chi connectivity index (χ0n) is 23.0. The van der Waals surface area contributed by atoms with Gasteiger partial charge in [0.25, 0.3) is 0 Å². The fourth-order valence-corrected chi connectivity index (χ4v) is 6.73. The summed E-state index contributed by atoms with van der Waals surface area (Å²) in [4.78, 5) is 0. The monoisotopic (exact) mass is 566 g/mol. The van der Waals surface area contributed by atoms with Crippen LogP contribution < -0.4 is 4.74 Å². The van der Waals surface area contributed by atoms with E-state index in [4.69, 9.17) is 9.47 Å². The van der Waals surface area contributed by atoms with Crippen LogP contribution in [0.4, 0.5) is 26.3 Å². The maximum Gasteiger partial charge on any atom is 0.343 e. The van der Waals surface area contributed by atoms with Crippen LogP contribution in [0.5, 0.6) is 5.75 Å². The average molecular weight is 567 g/mol. The van der Waals surface area contributed by atoms with Crippen molar-refractivity contribution in [3.8, 4) is 16.9 Å². The summed E-state index contributed by atoms with van der Waals surface area (Å²) in [5, 5.41) is 0. The molecular formula is C32H36F6O2. The quantitative estimate of drug-likeness (QED) is 0.296. The Morgan fingerprint density at radius 2 is 1.48 bits per heavy atom. The Balaban J connectivity index is 1.33. The molecule has 0 saturated heterocycles. The fourth-order valence-electron chi connectivity index (χ4n) is 6.73. The van der Waals surface area contributed by atoms with Gasteiger partial charge < -0.3 is 9.47 Å². The predicted molar refractivity (Wildman–Crippen MR) is 142 cm³/mol. The third kappa shape index (κ3) is 5.00. The third-order valence-corrected chi connectivity index (χ3v) is 8.93. The Hall–Kier alpha value is -2.64. The number of benzene rings is 2. The molecule has 1 atom stereocenters. The van der Waals surface area contributed by atoms with Crippen LogP contribution in [0.15, 0.2) is 36.1 Å². The molecule has 2 aliphatic carbocycles. The van der Waals surface area contributed by atoms with E-state index in [1.807, 2.05) is 0 Å². The van der Waals surface area contributed by atoms with E-state index >= 15 is 22.0 Å². The maximum absolute atomic E-state index is 15.6. The van der Waals surface area contributed by atoms with Crippen molar-refractivity contribution in [3.63, 3.8) is 0 Å². The molecular weight excluding hydrogens is 530 g/mol. The lowest BCUT2D eigenvalue weighted by atomic mass is 9.76. The summed E-state index contributed by atoms with van der Waals surface area (Å²) in [6, 6.07) is 4.70. The van der Waals surface area contributed by atoms with Gasteiger partial charge in [0.15, 0.2) is 11.6 Å². The molecule has 1 unspecified atom stereocenters. The van der Waals surface area contributed by atoms with E-state index in [0.717, 1.165) is 49.3 Å². The summed E-state index contributed by atoms with van der Waals surface area (Å²) in [7, 11) is 0. The zero-order valence-corrected chi connectivity index (χ0v) is 23.0. The molecule has 0 bridgehead atoms. The molecule has 0 N–H and O–H groups in total. The number of aryl methyl sites for hydroxylation is 1. The Morgan fingerprint density at radius 1 is 0.825 bits per heavy atom. The lowest BCUT2D eigenvalue weighted by Crippen LogP contribution is -2.41. The van der Waals surface area contributed by atoms with E-state index in [9.17, 15) is 4.39 Å². The van der Waals surface area contributed by atoms with Crippen molar-refractivity contribution >= 4 is 0 Å². The van der Waals surface area contributed by atoms with Crippen molar-refractivity contribution in [1.29, 1.82) is 0 Å². The smallest absolute Gasteiger partial charge is 0.343 e. The maximum atomic E-state index is 15.6. The number of hydrogen-bond donors (Lipinski definition) is 0. The number of rotatable bonds is 8. The lowest BCUT2D eigenvalue weighted by Gasteiger charge is -2.36. The second-order valence-electron chi connectivity index (χ2n) is 11.4. The molecule has 0 radical (unpaired) electrons. The lowest BCUT2D eigenvalue weighted by molar-refractivity contribution is -0.228. The molecule has 40 heavy (non-hydrogen) atoms. The van der Waals surface area contributed by atoms with Gasteiger partial charge in [0.2, 0.25) is 0 Å². The molecule has 8 heteroatoms. The normalized spacial score (nSPS) is 24.9. The summed E-state index contributed by atoms with van der Waals surface area (Å²) < 4.78 is 102. The summed E-state index contributed by atoms with van der Waals surface area (Å²) in [5.74, 6) is -12.0. The van der Waals surface area contributed by atoms with Gasteiger partial charge in [-0.2, -0.15) is 17.6 Å². The highest BCUT2D eigenvalue weighted by Gasteiger charge is 2.65. The summed E-state index contributed by atoms with van der Waals surface area (Å²) in [5.41, 5.74) is -2.90. The number of allylic oxidation sites excluding steroid dienone is 1. The van der Waals surface area contributed by atoms with E-state index in [0.29, 0.717) is 12.3 Å². The molecule has 3 aliphatic rings. The van der Waals surface area contributed by atoms with Gasteiger partial charge >= 0.3 is 11.8 Å². The van der Waals surface area contributed by atoms with Crippen molar-refractivity contribution in [2.24, 2.45) is 11.8 Å². The minimum atomic E-state index is -4.96. The number of halogens is 6. The second kappa shape index (κ2) is 11.3. The van der Waals surface area contributed by atoms with Crippen LogP contribution in [0.2, 0.25) is 0 Å². The van der Waals surface area contributed by atoms with Crippen molar-refractivity contribution < 1.29 is 35.8 Å². The van der Waals surface area contributed by atoms with Crippen molar-refractivity contribution in [3.05, 3.63) is 64.4 Å². The number of alkyl halides is 4. The third-order valence-electron chi connectivity index (χ3n) is 8.93. The first-order valence-electron chi connectivity index (χ1n) is 14.5. The topological polar surface area (TPSA) is 18.5 Å². The first-order valence-corrected chi connectivity index (χ1v) is 14.5. The molecule has 0 spiro atoms. The fraction of sp³-hybridized carbons (Fsp3) is 0.562. The first-order chi connectivity index (χ1) is 19.1. The van der Waals surface area contributed by atoms with Gasteiger partial charge in [0.1, 0.15) is 11.9 Å². The molecule has 1 fully saturated rings. The molecule has 2 aromatic rings. The molecule has 1 saturated carbocycles. The number of ether oxygens (including phenoxy) is 2. The number of hydrogen-bond acceptors (Lipinski definition) is 2. The molecule has 0 aromatic heterocycles. The number of fused-ring (bicyclic) bond motifs is 3. The van der Waals surface area contributed by atoms with Crippen LogP contribution in [0, 0.1) is 23.5 Å². The van der Waals surface area contributed by atoms with Crippen LogP contribution in [0.25, 0.3) is 11.1 Å². The first kappa shape index (κ1) is 28.9. The Bertz CT molecular complexity index is 1260. The molecule has 2 aromatic carbocycles. The predicted octanol–water partition coefficient (Wildman–Crippen LogP) is 9.83. The van der Waals surface area contributed by atoms with Crippen LogP contribution >= 0.6 is 0 Å². The zero-order chi connectivity index (χ0) is 28.7. The minimum absolute atomic E-state index is 0.0333. The molecule has 218 valence electrons. The molecule has 2 nitrogen and oxygen atoms in total. The van der Waals surface area contributed by atoms with Crippen LogP contribution in [-0.4, -0.2) is 12.7 Å². The summed E-state index contributed by atoms with van der Waals surface area (Å²) >= 11 is 0. The summed E-state index contributed by atoms with van der Waals surface area (Å²) in [6.07, 6.45) is 11.3. The van der Waals surface area contributed by atoms with Gasteiger partial charge in [-0.3, -0.25) is 0 Å². The van der Waals surface area contributed by atoms with E-state index in [1.165, 1.54) is 44.7 Å². The molecule has 1 heterocycles. The minimum Gasteiger partial charge on any atom is -0.498 e. The Kier molecular flexibility index (Phi) is 8.17. The highest BCUT2D eigenvalue weighted by Crippen LogP contribution is 2.60. The van der Waals surface area contributed by atoms with E-state index < -0.39 is 51.5 Å². The highest BCUT2D eigenvalue weighted by atomic mass is 19.3. The Morgan fingerprint density at radius 3 is 2.08 bits per heavy atom. The van der Waals surface area contributed by atoms with Crippen molar-refractivity contribution in [2.75, 3.05) is 6.61 Å². The molecule has 1 aliphatic heterocycles. The van der Waals surface area contributed by atoms with Crippen LogP contribution in [0.3, 0.4) is 0 Å². The standard InChI is InChI=1S/C32H36F6O2/c1-3-5-19-6-10-21(11-7-19)25-16-9-20(18-40-25)8-12-22-13-14-23-24-15-17-26(39-4-2)30(34)28(24)32(37,38)31(35,36)27(23)29(22)33/h13-15,17-19,21,25H,3-12,16H2,1-2H3. The van der Waals surface area contributed by atoms with Crippen molar-refractivity contribution in [2.45, 2.75) is 96.0 Å². The van der Waals surface area contributed by atoms with Gasteiger partial charge in [-0.15, -0.1) is 0 Å². The van der Waals surface area contributed by atoms with Gasteiger partial charge in [-0.05, 0) is 91.7 Å². The highest BCUT2D eigenvalue weighted by molar-refractivity contribution is 5.77. The average Bonchev–Trinajstić information content (AvgIpc) is 2.93. The van der Waals surface area contributed by atoms with Gasteiger partial charge in [0, 0.05) is 0 Å². The van der Waals surface area contributed by atoms with Crippen LogP contribution in [0.1, 0.15) is 88.3 Å². The Labute approximate surface area is 231 Å². The second-order valence-corrected chi connectivity index (χ2v) is 11.4. The van der Waals surface area contributed by atoms with Gasteiger partial charge in [0.05, 0.1) is 24.0 Å². The SMILES string of the molecule is CCCC1CCC(C2CCC(CCc3ccc4c(c3F)C(F)(F)C(F)(F)c3c-4ccc(OCC)c3F)=CO2)CC1. The van der Waals surface area contributed by atoms with E-state index in [-0.39, 0.29) is 24.7 Å². The molecule has 5 rings (SSSR count). The van der Waals surface area contributed by atoms with E-state index in [1.54, 1.807) is 6.26 Å². The summed E-state index contributed by atoms with van der Waals surface area (Å²) in [6.45, 7) is 3.71. The van der Waals surface area contributed by atoms with Gasteiger partial charge in [-0.1, -0.05) is 44.7 Å². The van der Waals surface area contributed by atoms with Gasteiger partial charge in [-0.25, -0.2) is 8.78 Å².